The van der Waals surface area contributed by atoms with E-state index < -0.39 is 52.3 Å². The molecule has 0 aromatic carbocycles. The van der Waals surface area contributed by atoms with E-state index in [-0.39, 0.29) is 62.5 Å². The Kier molecular flexibility index (Phi) is 39.1. The van der Waals surface area contributed by atoms with Crippen molar-refractivity contribution in [1.29, 1.82) is 0 Å². The largest absolute Gasteiger partial charge is 0.466 e. The topological polar surface area (TPSA) is 179 Å². The Morgan fingerprint density at radius 3 is 0.803 bits per heavy atom. The first kappa shape index (κ1) is 66.9. The molecule has 0 amide bonds. The van der Waals surface area contributed by atoms with E-state index in [0.717, 1.165) is 75.5 Å². The third kappa shape index (κ3) is 38.7. The monoisotopic (exact) mass is 1050 g/mol. The normalized spacial score (nSPS) is 13.9. The Bertz CT molecular complexity index is 1160. The number of hydrogen-bond donors (Lipinski definition) is 0. The molecule has 2 atom stereocenters. The van der Waals surface area contributed by atoms with Crippen molar-refractivity contribution in [1.82, 2.24) is 0 Å². The molecule has 0 bridgehead atoms. The van der Waals surface area contributed by atoms with Crippen molar-refractivity contribution in [3.63, 3.8) is 0 Å². The Morgan fingerprint density at radius 1 is 0.379 bits per heavy atom. The second kappa shape index (κ2) is 38.6. The van der Waals surface area contributed by atoms with Crippen LogP contribution in [-0.2, 0) is 72.9 Å². The zero-order valence-electron chi connectivity index (χ0n) is 44.4. The van der Waals surface area contributed by atoms with E-state index in [9.17, 15) is 19.2 Å². The van der Waals surface area contributed by atoms with Crippen molar-refractivity contribution >= 4 is 76.2 Å². The van der Waals surface area contributed by atoms with Crippen LogP contribution in [0.25, 0.3) is 0 Å². The number of hydrogen-bond acceptors (Lipinski definition) is 16. The minimum Gasteiger partial charge on any atom is -0.466 e. The van der Waals surface area contributed by atoms with Gasteiger partial charge in [-0.25, -0.2) is 0 Å². The van der Waals surface area contributed by atoms with E-state index in [1.54, 1.807) is 28.4 Å². The zero-order valence-corrected chi connectivity index (χ0v) is 50.7. The van der Waals surface area contributed by atoms with Crippen molar-refractivity contribution < 1.29 is 72.9 Å². The molecule has 0 fully saturated rings. The first-order chi connectivity index (χ1) is 30.9. The fourth-order valence-electron chi connectivity index (χ4n) is 6.87. The second-order valence-electron chi connectivity index (χ2n) is 18.4. The molecule has 2 unspecified atom stereocenters. The molecule has 0 saturated heterocycles. The number of esters is 4. The fraction of sp³-hybridized carbons (Fsp3) is 0.909. The summed E-state index contributed by atoms with van der Waals surface area (Å²) in [5, 5.41) is 0. The lowest BCUT2D eigenvalue weighted by Crippen LogP contribution is -2.44. The standard InChI is InChI=1S/C25H56O8Si4.C19H40O8Si2/c1-22(2)30-36(9,32-34(5)6)20-13-11-16-24(26)28-18-15-19-29-25(27)17-12-14-21-37(10,31-23(3)4)33-35(7)8;1-22-28(5,23-2)16-9-7-12-18(20)26-14-11-15-27-19(21)13-8-10-17-29(6,24-3)25-4/h22-23,34-35H,11-21H2,1-10H3;7-17H2,1-6H3. The molecule has 0 aliphatic carbocycles. The fourth-order valence-corrected chi connectivity index (χ4v) is 23.2. The lowest BCUT2D eigenvalue weighted by Gasteiger charge is -2.31. The Labute approximate surface area is 408 Å². The van der Waals surface area contributed by atoms with Crippen LogP contribution in [0.1, 0.15) is 118 Å². The third-order valence-corrected chi connectivity index (χ3v) is 28.5. The highest BCUT2D eigenvalue weighted by atomic mass is 28.4. The summed E-state index contributed by atoms with van der Waals surface area (Å²) in [5.74, 6) is -0.863. The molecule has 0 radical (unpaired) electrons. The minimum absolute atomic E-state index is 0.149. The number of rotatable bonds is 40. The predicted molar refractivity (Wildman–Crippen MR) is 275 cm³/mol. The average Bonchev–Trinajstić information content (AvgIpc) is 3.22. The summed E-state index contributed by atoms with van der Waals surface area (Å²) in [6, 6.07) is 3.47. The summed E-state index contributed by atoms with van der Waals surface area (Å²) in [6.07, 6.45) is 9.37. The first-order valence-corrected chi connectivity index (χ1v) is 40.1. The molecule has 0 N–H and O–H groups in total. The van der Waals surface area contributed by atoms with E-state index in [2.05, 4.69) is 39.3 Å². The molecule has 0 spiro atoms. The maximum atomic E-state index is 12.0. The lowest BCUT2D eigenvalue weighted by molar-refractivity contribution is -0.148. The SMILES string of the molecule is CC(C)O[Si](C)(CCCCC(=O)OCCCOC(=O)CCCC[Si](C)(OC(C)C)O[SiH](C)C)O[SiH](C)C.CO[Si](C)(CCCCC(=O)OCCCOC(=O)CCCC[Si](C)(OC)OC)OC. The van der Waals surface area contributed by atoms with Crippen LogP contribution in [0.3, 0.4) is 0 Å². The van der Waals surface area contributed by atoms with Crippen molar-refractivity contribution in [3.05, 3.63) is 0 Å². The van der Waals surface area contributed by atoms with Crippen LogP contribution in [0, 0.1) is 0 Å². The van der Waals surface area contributed by atoms with Gasteiger partial charge in [-0.05, 0) is 130 Å². The van der Waals surface area contributed by atoms with Gasteiger partial charge >= 0.3 is 58.1 Å². The summed E-state index contributed by atoms with van der Waals surface area (Å²) >= 11 is 0. The van der Waals surface area contributed by atoms with Gasteiger partial charge in [0.2, 0.25) is 0 Å². The van der Waals surface area contributed by atoms with Crippen molar-refractivity contribution in [2.24, 2.45) is 0 Å². The summed E-state index contributed by atoms with van der Waals surface area (Å²) in [6.45, 7) is 26.1. The van der Waals surface area contributed by atoms with E-state index in [0.29, 0.717) is 38.5 Å². The van der Waals surface area contributed by atoms with Gasteiger partial charge in [-0.2, -0.15) is 0 Å². The van der Waals surface area contributed by atoms with Gasteiger partial charge in [-0.15, -0.1) is 0 Å². The van der Waals surface area contributed by atoms with Gasteiger partial charge in [0.25, 0.3) is 0 Å². The van der Waals surface area contributed by atoms with Gasteiger partial charge in [0, 0.05) is 79.2 Å². The molecule has 16 nitrogen and oxygen atoms in total. The average molecular weight is 1050 g/mol. The van der Waals surface area contributed by atoms with Crippen LogP contribution in [0.2, 0.25) is 76.6 Å². The molecule has 0 saturated carbocycles. The van der Waals surface area contributed by atoms with Crippen LogP contribution < -0.4 is 0 Å². The van der Waals surface area contributed by atoms with E-state index >= 15 is 0 Å². The van der Waals surface area contributed by atoms with Gasteiger partial charge in [0.15, 0.2) is 18.1 Å². The molecule has 22 heteroatoms. The van der Waals surface area contributed by atoms with Crippen molar-refractivity contribution in [3.8, 4) is 0 Å². The minimum atomic E-state index is -2.18. The molecular formula is C44H96O16Si6. The number of carbonyl (C=O) groups excluding carboxylic acids is 4. The van der Waals surface area contributed by atoms with Gasteiger partial charge < -0.3 is 53.7 Å². The van der Waals surface area contributed by atoms with Crippen LogP contribution in [0.15, 0.2) is 0 Å². The number of carbonyl (C=O) groups is 4. The molecule has 0 aromatic heterocycles. The first-order valence-electron chi connectivity index (χ1n) is 24.4. The Hall–Kier alpha value is -1.14. The molecule has 392 valence electrons. The highest BCUT2D eigenvalue weighted by Gasteiger charge is 2.34. The smallest absolute Gasteiger partial charge is 0.334 e. The van der Waals surface area contributed by atoms with E-state index in [1.807, 2.05) is 40.8 Å². The van der Waals surface area contributed by atoms with E-state index in [4.69, 9.17) is 53.7 Å². The summed E-state index contributed by atoms with van der Waals surface area (Å²) in [5.41, 5.74) is 0. The Balaban J connectivity index is 0. The van der Waals surface area contributed by atoms with Gasteiger partial charge in [0.05, 0.1) is 26.4 Å². The summed E-state index contributed by atoms with van der Waals surface area (Å²) < 4.78 is 67.3. The maximum absolute atomic E-state index is 12.0. The predicted octanol–water partition coefficient (Wildman–Crippen LogP) is 9.33. The van der Waals surface area contributed by atoms with Crippen LogP contribution in [0.4, 0.5) is 0 Å². The van der Waals surface area contributed by atoms with Gasteiger partial charge in [-0.1, -0.05) is 25.7 Å². The molecule has 66 heavy (non-hydrogen) atoms. The zero-order chi connectivity index (χ0) is 50.7. The quantitative estimate of drug-likeness (QED) is 0.0245. The highest BCUT2D eigenvalue weighted by molar-refractivity contribution is 6.74. The molecule has 0 rings (SSSR count). The lowest BCUT2D eigenvalue weighted by atomic mass is 10.2. The maximum Gasteiger partial charge on any atom is 0.334 e. The molecule has 0 aromatic rings. The van der Waals surface area contributed by atoms with Crippen LogP contribution >= 0.6 is 0 Å². The van der Waals surface area contributed by atoms with Crippen LogP contribution in [-0.4, -0.2) is 143 Å². The highest BCUT2D eigenvalue weighted by Crippen LogP contribution is 2.23. The molecule has 0 aliphatic rings. The van der Waals surface area contributed by atoms with Gasteiger partial charge in [-0.3, -0.25) is 19.2 Å². The molecule has 0 heterocycles. The second-order valence-corrected chi connectivity index (χ2v) is 37.7. The molecule has 0 aliphatic heterocycles. The van der Waals surface area contributed by atoms with Gasteiger partial charge in [0.1, 0.15) is 0 Å². The van der Waals surface area contributed by atoms with Crippen molar-refractivity contribution in [2.45, 2.75) is 206 Å². The number of unbranched alkanes of at least 4 members (excludes halogenated alkanes) is 4. The number of ether oxygens (including phenoxy) is 4. The van der Waals surface area contributed by atoms with Crippen molar-refractivity contribution in [2.75, 3.05) is 54.9 Å². The van der Waals surface area contributed by atoms with E-state index in [1.165, 1.54) is 0 Å². The summed E-state index contributed by atoms with van der Waals surface area (Å²) in [7, 11) is -4.17. The summed E-state index contributed by atoms with van der Waals surface area (Å²) in [4.78, 5) is 47.5. The van der Waals surface area contributed by atoms with Crippen LogP contribution in [0.5, 0.6) is 0 Å². The Morgan fingerprint density at radius 2 is 0.606 bits per heavy atom. The molecular weight excluding hydrogens is 953 g/mol. The third-order valence-electron chi connectivity index (χ3n) is 10.3.